The number of carbonyl (C=O) groups excluding carboxylic acids is 2. The molecule has 0 N–H and O–H groups in total. The van der Waals surface area contributed by atoms with Crippen LogP contribution in [0.25, 0.3) is 0 Å². The highest BCUT2D eigenvalue weighted by Crippen LogP contribution is 2.24. The smallest absolute Gasteiger partial charge is 0.222 e. The molecule has 0 unspecified atom stereocenters. The van der Waals surface area contributed by atoms with Crippen LogP contribution in [0.2, 0.25) is 0 Å². The first-order valence-corrected chi connectivity index (χ1v) is 7.50. The van der Waals surface area contributed by atoms with Crippen molar-refractivity contribution in [2.75, 3.05) is 6.54 Å². The van der Waals surface area contributed by atoms with E-state index in [1.54, 1.807) is 0 Å². The molecular weight excluding hydrogens is 238 g/mol. The van der Waals surface area contributed by atoms with Gasteiger partial charge in [-0.05, 0) is 37.2 Å². The van der Waals surface area contributed by atoms with Gasteiger partial charge in [0.15, 0.2) is 0 Å². The molecule has 1 fully saturated rings. The Balaban J connectivity index is 2.37. The maximum absolute atomic E-state index is 12.2. The van der Waals surface area contributed by atoms with E-state index in [-0.39, 0.29) is 11.9 Å². The van der Waals surface area contributed by atoms with E-state index >= 15 is 0 Å². The molecule has 1 aliphatic rings. The third-order valence-corrected chi connectivity index (χ3v) is 4.15. The molecule has 1 rings (SSSR count). The molecule has 2 atom stereocenters. The summed E-state index contributed by atoms with van der Waals surface area (Å²) in [5, 5.41) is 0. The molecule has 0 spiro atoms. The fourth-order valence-electron chi connectivity index (χ4n) is 2.68. The van der Waals surface area contributed by atoms with Gasteiger partial charge in [-0.1, -0.05) is 33.3 Å². The van der Waals surface area contributed by atoms with Gasteiger partial charge in [-0.2, -0.15) is 0 Å². The van der Waals surface area contributed by atoms with Gasteiger partial charge in [0, 0.05) is 19.0 Å². The van der Waals surface area contributed by atoms with Crippen LogP contribution in [0.1, 0.15) is 58.8 Å². The first-order valence-electron chi connectivity index (χ1n) is 7.50. The summed E-state index contributed by atoms with van der Waals surface area (Å²) in [5.74, 6) is 0.960. The van der Waals surface area contributed by atoms with Crippen LogP contribution in [-0.4, -0.2) is 29.7 Å². The van der Waals surface area contributed by atoms with E-state index < -0.39 is 0 Å². The van der Waals surface area contributed by atoms with Gasteiger partial charge in [-0.25, -0.2) is 0 Å². The van der Waals surface area contributed by atoms with Crippen LogP contribution < -0.4 is 0 Å². The van der Waals surface area contributed by atoms with Gasteiger partial charge in [0.25, 0.3) is 0 Å². The van der Waals surface area contributed by atoms with Gasteiger partial charge in [-0.3, -0.25) is 9.59 Å². The van der Waals surface area contributed by atoms with Crippen molar-refractivity contribution in [3.8, 4) is 0 Å². The molecule has 0 radical (unpaired) electrons. The number of nitrogens with zero attached hydrogens (tertiary/aromatic N) is 1. The molecule has 0 aromatic rings. The second kappa shape index (κ2) is 8.13. The number of hydrogen-bond donors (Lipinski definition) is 0. The second-order valence-electron chi connectivity index (χ2n) is 5.77. The zero-order valence-corrected chi connectivity index (χ0v) is 12.4. The minimum atomic E-state index is 0.203. The van der Waals surface area contributed by atoms with Gasteiger partial charge in [-0.15, -0.1) is 0 Å². The van der Waals surface area contributed by atoms with Crippen molar-refractivity contribution in [1.82, 2.24) is 4.90 Å². The van der Waals surface area contributed by atoms with Crippen molar-refractivity contribution in [2.24, 2.45) is 5.92 Å². The lowest BCUT2D eigenvalue weighted by atomic mass is 10.0. The number of aldehydes is 1. The van der Waals surface area contributed by atoms with Crippen LogP contribution >= 0.6 is 0 Å². The minimum absolute atomic E-state index is 0.203. The molecule has 1 amide bonds. The van der Waals surface area contributed by atoms with Gasteiger partial charge >= 0.3 is 0 Å². The summed E-state index contributed by atoms with van der Waals surface area (Å²) in [6.45, 7) is 8.99. The van der Waals surface area contributed by atoms with Crippen molar-refractivity contribution in [2.45, 2.75) is 64.8 Å². The average molecular weight is 265 g/mol. The maximum atomic E-state index is 12.2. The minimum Gasteiger partial charge on any atom is -0.339 e. The molecule has 0 saturated carbocycles. The summed E-state index contributed by atoms with van der Waals surface area (Å²) in [7, 11) is 0. The molecule has 19 heavy (non-hydrogen) atoms. The number of likely N-dealkylation sites (tertiary alicyclic amines) is 1. The van der Waals surface area contributed by atoms with Crippen molar-refractivity contribution >= 4 is 12.2 Å². The third kappa shape index (κ3) is 5.17. The average Bonchev–Trinajstić information content (AvgIpc) is 2.86. The highest BCUT2D eigenvalue weighted by Gasteiger charge is 2.28. The fourth-order valence-corrected chi connectivity index (χ4v) is 2.68. The normalized spacial score (nSPS) is 20.3. The van der Waals surface area contributed by atoms with E-state index in [4.69, 9.17) is 0 Å². The van der Waals surface area contributed by atoms with E-state index in [2.05, 4.69) is 20.4 Å². The van der Waals surface area contributed by atoms with E-state index in [0.29, 0.717) is 24.3 Å². The highest BCUT2D eigenvalue weighted by atomic mass is 16.2. The summed E-state index contributed by atoms with van der Waals surface area (Å²) < 4.78 is 0. The van der Waals surface area contributed by atoms with E-state index in [1.165, 1.54) is 6.42 Å². The first-order chi connectivity index (χ1) is 9.08. The van der Waals surface area contributed by atoms with Crippen molar-refractivity contribution in [3.63, 3.8) is 0 Å². The molecule has 3 heteroatoms. The Morgan fingerprint density at radius 1 is 1.53 bits per heavy atom. The molecule has 0 bridgehead atoms. The fraction of sp³-hybridized carbons (Fsp3) is 0.750. The number of amides is 1. The largest absolute Gasteiger partial charge is 0.339 e. The van der Waals surface area contributed by atoms with Gasteiger partial charge in [0.1, 0.15) is 6.29 Å². The van der Waals surface area contributed by atoms with E-state index in [0.717, 1.165) is 38.5 Å². The lowest BCUT2D eigenvalue weighted by Crippen LogP contribution is -2.35. The maximum Gasteiger partial charge on any atom is 0.222 e. The number of carbonyl (C=O) groups is 2. The Hall–Kier alpha value is -1.12. The molecule has 0 aliphatic carbocycles. The first kappa shape index (κ1) is 15.9. The Morgan fingerprint density at radius 2 is 2.26 bits per heavy atom. The van der Waals surface area contributed by atoms with Crippen LogP contribution in [0.15, 0.2) is 12.2 Å². The lowest BCUT2D eigenvalue weighted by Gasteiger charge is -2.25. The van der Waals surface area contributed by atoms with Crippen molar-refractivity contribution in [1.29, 1.82) is 0 Å². The van der Waals surface area contributed by atoms with Crippen LogP contribution in [0.4, 0.5) is 0 Å². The highest BCUT2D eigenvalue weighted by molar-refractivity contribution is 5.77. The van der Waals surface area contributed by atoms with Crippen LogP contribution in [0.3, 0.4) is 0 Å². The number of rotatable bonds is 8. The van der Waals surface area contributed by atoms with Crippen LogP contribution in [0.5, 0.6) is 0 Å². The Bertz CT molecular complexity index is 325. The number of hydrogen-bond acceptors (Lipinski definition) is 2. The summed E-state index contributed by atoms with van der Waals surface area (Å²) in [5.41, 5.74) is 0.601. The Kier molecular flexibility index (Phi) is 6.82. The predicted octanol–water partition coefficient (Wildman–Crippen LogP) is 3.34. The molecule has 108 valence electrons. The zero-order valence-electron chi connectivity index (χ0n) is 12.4. The lowest BCUT2D eigenvalue weighted by molar-refractivity contribution is -0.132. The van der Waals surface area contributed by atoms with Crippen LogP contribution in [-0.2, 0) is 9.59 Å². The summed E-state index contributed by atoms with van der Waals surface area (Å²) in [6, 6.07) is 0.203. The SMILES string of the molecule is C=C(C=O)C[C@@H]1CCCN1C(=O)CCC[C@@H](C)CC. The molecule has 3 nitrogen and oxygen atoms in total. The summed E-state index contributed by atoms with van der Waals surface area (Å²) in [4.78, 5) is 24.8. The molecular formula is C16H27NO2. The van der Waals surface area contributed by atoms with Gasteiger partial charge in [0.2, 0.25) is 5.91 Å². The van der Waals surface area contributed by atoms with Crippen molar-refractivity contribution < 1.29 is 9.59 Å². The van der Waals surface area contributed by atoms with E-state index in [9.17, 15) is 9.59 Å². The topological polar surface area (TPSA) is 37.4 Å². The molecule has 0 aromatic carbocycles. The summed E-state index contributed by atoms with van der Waals surface area (Å²) in [6.07, 6.45) is 7.43. The molecule has 1 aliphatic heterocycles. The molecule has 1 saturated heterocycles. The Labute approximate surface area is 117 Å². The predicted molar refractivity (Wildman–Crippen MR) is 77.9 cm³/mol. The van der Waals surface area contributed by atoms with Crippen molar-refractivity contribution in [3.05, 3.63) is 12.2 Å². The molecule has 1 heterocycles. The van der Waals surface area contributed by atoms with Gasteiger partial charge in [0.05, 0.1) is 0 Å². The van der Waals surface area contributed by atoms with E-state index in [1.807, 2.05) is 4.90 Å². The Morgan fingerprint density at radius 3 is 2.89 bits per heavy atom. The monoisotopic (exact) mass is 265 g/mol. The summed E-state index contributed by atoms with van der Waals surface area (Å²) >= 11 is 0. The standard InChI is InChI=1S/C16H27NO2/c1-4-13(2)7-5-9-16(19)17-10-6-8-15(17)11-14(3)12-18/h12-13,15H,3-11H2,1-2H3/t13-,15-/m0/s1. The molecule has 0 aromatic heterocycles. The van der Waals surface area contributed by atoms with Gasteiger partial charge < -0.3 is 4.90 Å². The quantitative estimate of drug-likeness (QED) is 0.498. The zero-order chi connectivity index (χ0) is 14.3. The van der Waals surface area contributed by atoms with Crippen LogP contribution in [0, 0.1) is 5.92 Å². The second-order valence-corrected chi connectivity index (χ2v) is 5.77. The third-order valence-electron chi connectivity index (χ3n) is 4.15.